The normalized spacial score (nSPS) is 13.0. The second-order valence-corrected chi connectivity index (χ2v) is 8.25. The number of hydrogen-bond acceptors (Lipinski definition) is 0. The predicted octanol–water partition coefficient (Wildman–Crippen LogP) is 7.23. The third-order valence-corrected chi connectivity index (χ3v) is 6.04. The molecule has 6 rings (SSSR count). The smallest absolute Gasteiger partial charge is 0.332 e. The molecular weight excluding hydrogens is 378 g/mol. The van der Waals surface area contributed by atoms with Crippen molar-refractivity contribution in [1.82, 2.24) is 13.7 Å². The number of fused-ring (bicyclic) bond motifs is 4. The molecule has 4 aromatic carbocycles. The van der Waals surface area contributed by atoms with E-state index >= 15 is 0 Å². The van der Waals surface area contributed by atoms with E-state index in [1.54, 1.807) is 0 Å². The molecule has 0 bridgehead atoms. The van der Waals surface area contributed by atoms with Crippen molar-refractivity contribution < 1.29 is 0 Å². The molecular formula is C28H23N3+2. The summed E-state index contributed by atoms with van der Waals surface area (Å²) in [6.07, 6.45) is 0. The Labute approximate surface area is 181 Å². The van der Waals surface area contributed by atoms with Crippen LogP contribution in [0.1, 0.15) is 19.9 Å². The molecule has 1 aliphatic heterocycles. The fourth-order valence-corrected chi connectivity index (χ4v) is 4.76. The molecule has 3 heteroatoms. The van der Waals surface area contributed by atoms with Crippen LogP contribution in [0.5, 0.6) is 0 Å². The van der Waals surface area contributed by atoms with Crippen molar-refractivity contribution in [2.75, 3.05) is 0 Å². The standard InChI is InChI=1S/C28H23N3/c1-20(2)31-24-15-7-6-13-22(24)23-14-10-18-27(28(23)31)30-19-29(21-11-4-3-5-12-21)25-16-8-9-17-26(25)30/h3-18,20H,1-2H3/q+2. The van der Waals surface area contributed by atoms with Gasteiger partial charge in [-0.05, 0) is 29.1 Å². The Hall–Kier alpha value is -3.94. The van der Waals surface area contributed by atoms with E-state index < -0.39 is 0 Å². The summed E-state index contributed by atoms with van der Waals surface area (Å²) >= 11 is 0. The van der Waals surface area contributed by atoms with Gasteiger partial charge in [-0.2, -0.15) is 0 Å². The first-order chi connectivity index (χ1) is 15.2. The van der Waals surface area contributed by atoms with Crippen molar-refractivity contribution in [2.24, 2.45) is 0 Å². The van der Waals surface area contributed by atoms with Gasteiger partial charge in [-0.15, -0.1) is 0 Å². The largest absolute Gasteiger partial charge is 0.503 e. The van der Waals surface area contributed by atoms with E-state index in [1.165, 1.54) is 21.8 Å². The minimum Gasteiger partial charge on any atom is -0.332 e. The highest BCUT2D eigenvalue weighted by molar-refractivity contribution is 6.12. The SMILES string of the molecule is CC(C)n1c2ccccc2c2cccc([N+]3=C=[N+](c4ccccc4)c4ccccc43)c21. The highest BCUT2D eigenvalue weighted by Crippen LogP contribution is 2.41. The molecule has 0 fully saturated rings. The van der Waals surface area contributed by atoms with Crippen LogP contribution in [0.3, 0.4) is 0 Å². The molecule has 2 heterocycles. The molecule has 0 radical (unpaired) electrons. The van der Waals surface area contributed by atoms with Crippen LogP contribution in [-0.2, 0) is 0 Å². The molecule has 148 valence electrons. The van der Waals surface area contributed by atoms with E-state index in [2.05, 4.69) is 125 Å². The maximum absolute atomic E-state index is 3.64. The van der Waals surface area contributed by atoms with Gasteiger partial charge in [-0.3, -0.25) is 0 Å². The fraction of sp³-hybridized carbons (Fsp3) is 0.107. The van der Waals surface area contributed by atoms with E-state index in [1.807, 2.05) is 6.07 Å². The van der Waals surface area contributed by atoms with Crippen LogP contribution in [-0.4, -0.2) is 10.6 Å². The van der Waals surface area contributed by atoms with Gasteiger partial charge in [-0.25, -0.2) is 0 Å². The first-order valence-corrected chi connectivity index (χ1v) is 10.8. The lowest BCUT2D eigenvalue weighted by Crippen LogP contribution is -2.05. The van der Waals surface area contributed by atoms with Crippen molar-refractivity contribution in [2.45, 2.75) is 19.9 Å². The van der Waals surface area contributed by atoms with Gasteiger partial charge in [0.1, 0.15) is 5.52 Å². The third kappa shape index (κ3) is 2.61. The maximum atomic E-state index is 3.64. The topological polar surface area (TPSA) is 10.9 Å². The maximum Gasteiger partial charge on any atom is 0.503 e. The summed E-state index contributed by atoms with van der Waals surface area (Å²) in [5, 5.41) is 2.57. The van der Waals surface area contributed by atoms with Gasteiger partial charge in [-0.1, -0.05) is 60.7 Å². The Bertz CT molecular complexity index is 1530. The first kappa shape index (κ1) is 17.9. The Morgan fingerprint density at radius 3 is 2.00 bits per heavy atom. The van der Waals surface area contributed by atoms with Gasteiger partial charge >= 0.3 is 6.01 Å². The molecule has 0 saturated heterocycles. The zero-order chi connectivity index (χ0) is 20.9. The highest BCUT2D eigenvalue weighted by atomic mass is 15.2. The minimum atomic E-state index is 0.339. The average molecular weight is 402 g/mol. The number of hydrogen-bond donors (Lipinski definition) is 0. The molecule has 3 nitrogen and oxygen atoms in total. The zero-order valence-corrected chi connectivity index (χ0v) is 17.7. The molecule has 1 aromatic heterocycles. The van der Waals surface area contributed by atoms with Crippen LogP contribution in [0.15, 0.2) is 97.1 Å². The van der Waals surface area contributed by atoms with Crippen LogP contribution < -0.4 is 9.15 Å². The summed E-state index contributed by atoms with van der Waals surface area (Å²) in [6, 6.07) is 38.2. The van der Waals surface area contributed by atoms with Crippen molar-refractivity contribution >= 4 is 50.6 Å². The quantitative estimate of drug-likeness (QED) is 0.277. The number of para-hydroxylation sites is 5. The number of aromatic nitrogens is 1. The number of nitrogens with zero attached hydrogens (tertiary/aromatic N) is 3. The Morgan fingerprint density at radius 2 is 1.23 bits per heavy atom. The summed E-state index contributed by atoms with van der Waals surface area (Å²) in [7, 11) is 0. The van der Waals surface area contributed by atoms with E-state index in [-0.39, 0.29) is 0 Å². The minimum absolute atomic E-state index is 0.339. The van der Waals surface area contributed by atoms with Crippen molar-refractivity contribution in [3.8, 4) is 0 Å². The van der Waals surface area contributed by atoms with E-state index in [9.17, 15) is 0 Å². The van der Waals surface area contributed by atoms with Gasteiger partial charge in [0, 0.05) is 52.7 Å². The summed E-state index contributed by atoms with van der Waals surface area (Å²) in [6.45, 7) is 4.51. The Morgan fingerprint density at radius 1 is 0.613 bits per heavy atom. The summed E-state index contributed by atoms with van der Waals surface area (Å²) in [5.74, 6) is 0. The van der Waals surface area contributed by atoms with Crippen molar-refractivity contribution in [1.29, 1.82) is 0 Å². The van der Waals surface area contributed by atoms with Crippen LogP contribution in [0, 0.1) is 0 Å². The number of rotatable bonds is 3. The zero-order valence-electron chi connectivity index (χ0n) is 17.7. The average Bonchev–Trinajstić information content (AvgIpc) is 3.36. The molecule has 5 aromatic rings. The van der Waals surface area contributed by atoms with Crippen LogP contribution in [0.25, 0.3) is 21.8 Å². The van der Waals surface area contributed by atoms with Gasteiger partial charge in [0.05, 0.1) is 0 Å². The van der Waals surface area contributed by atoms with Crippen LogP contribution >= 0.6 is 0 Å². The lowest BCUT2D eigenvalue weighted by molar-refractivity contribution is 0.641. The van der Waals surface area contributed by atoms with Gasteiger partial charge in [0.15, 0.2) is 0 Å². The van der Waals surface area contributed by atoms with Gasteiger partial charge < -0.3 is 4.57 Å². The molecule has 0 N–H and O–H groups in total. The van der Waals surface area contributed by atoms with Gasteiger partial charge in [0.25, 0.3) is 17.1 Å². The fourth-order valence-electron chi connectivity index (χ4n) is 4.76. The molecule has 0 aliphatic carbocycles. The Balaban J connectivity index is 1.74. The lowest BCUT2D eigenvalue weighted by atomic mass is 10.1. The van der Waals surface area contributed by atoms with Crippen LogP contribution in [0.2, 0.25) is 0 Å². The molecule has 1 aliphatic rings. The van der Waals surface area contributed by atoms with Crippen LogP contribution in [0.4, 0.5) is 22.7 Å². The highest BCUT2D eigenvalue weighted by Gasteiger charge is 2.37. The number of benzene rings is 4. The van der Waals surface area contributed by atoms with Gasteiger partial charge in [0.2, 0.25) is 5.69 Å². The summed E-state index contributed by atoms with van der Waals surface area (Å²) in [5.41, 5.74) is 7.04. The molecule has 0 spiro atoms. The van der Waals surface area contributed by atoms with E-state index in [0.29, 0.717) is 6.04 Å². The van der Waals surface area contributed by atoms with E-state index in [4.69, 9.17) is 0 Å². The van der Waals surface area contributed by atoms with E-state index in [0.717, 1.165) is 22.7 Å². The van der Waals surface area contributed by atoms with Crippen molar-refractivity contribution in [3.63, 3.8) is 0 Å². The second-order valence-electron chi connectivity index (χ2n) is 8.25. The summed E-state index contributed by atoms with van der Waals surface area (Å²) < 4.78 is 6.81. The Kier molecular flexibility index (Phi) is 3.92. The molecule has 0 atom stereocenters. The second kappa shape index (κ2) is 6.80. The molecule has 0 saturated carbocycles. The molecule has 0 amide bonds. The lowest BCUT2D eigenvalue weighted by Gasteiger charge is -2.11. The predicted molar refractivity (Wildman–Crippen MR) is 131 cm³/mol. The third-order valence-electron chi connectivity index (χ3n) is 6.04. The molecule has 31 heavy (non-hydrogen) atoms. The molecule has 0 unspecified atom stereocenters. The van der Waals surface area contributed by atoms with Crippen molar-refractivity contribution in [3.05, 3.63) is 97.1 Å². The summed E-state index contributed by atoms with van der Waals surface area (Å²) in [4.78, 5) is 0. The first-order valence-electron chi connectivity index (χ1n) is 10.8. The monoisotopic (exact) mass is 401 g/mol.